The molecule has 110 valence electrons. The third kappa shape index (κ3) is 3.74. The minimum Gasteiger partial charge on any atom is -0.378 e. The minimum atomic E-state index is 0.836. The molecular weight excluding hydrogens is 248 g/mol. The molecule has 3 rings (SSSR count). The van der Waals surface area contributed by atoms with Gasteiger partial charge in [0.15, 0.2) is 0 Å². The Kier molecular flexibility index (Phi) is 4.58. The van der Waals surface area contributed by atoms with Crippen molar-refractivity contribution < 1.29 is 4.74 Å². The second-order valence-electron chi connectivity index (χ2n) is 6.21. The summed E-state index contributed by atoms with van der Waals surface area (Å²) in [5.74, 6) is 1.83. The minimum absolute atomic E-state index is 0.836. The first-order valence-electron chi connectivity index (χ1n) is 7.95. The van der Waals surface area contributed by atoms with E-state index in [1.807, 2.05) is 0 Å². The molecule has 1 aliphatic carbocycles. The molecule has 0 aromatic heterocycles. The molecule has 2 fully saturated rings. The van der Waals surface area contributed by atoms with Gasteiger partial charge < -0.3 is 15.0 Å². The molecule has 1 unspecified atom stereocenters. The van der Waals surface area contributed by atoms with E-state index in [4.69, 9.17) is 4.74 Å². The van der Waals surface area contributed by atoms with E-state index in [-0.39, 0.29) is 0 Å². The Balaban J connectivity index is 1.45. The first-order valence-corrected chi connectivity index (χ1v) is 7.95. The Morgan fingerprint density at radius 2 is 1.90 bits per heavy atom. The Labute approximate surface area is 122 Å². The van der Waals surface area contributed by atoms with Gasteiger partial charge in [0.2, 0.25) is 0 Å². The van der Waals surface area contributed by atoms with E-state index in [1.54, 1.807) is 0 Å². The fraction of sp³-hybridized carbons (Fsp3) is 0.647. The van der Waals surface area contributed by atoms with Crippen molar-refractivity contribution >= 4 is 5.69 Å². The van der Waals surface area contributed by atoms with Crippen LogP contribution in [0.15, 0.2) is 24.3 Å². The van der Waals surface area contributed by atoms with Crippen LogP contribution in [0, 0.1) is 11.8 Å². The first kappa shape index (κ1) is 13.9. The van der Waals surface area contributed by atoms with Crippen LogP contribution in [0.4, 0.5) is 5.69 Å². The number of anilines is 1. The SMILES string of the molecule is CC(CNCc1ccc(N2CCOCC2)cc1)C1CC1. The zero-order valence-electron chi connectivity index (χ0n) is 12.5. The summed E-state index contributed by atoms with van der Waals surface area (Å²) in [4.78, 5) is 2.40. The molecule has 0 amide bonds. The van der Waals surface area contributed by atoms with E-state index in [0.29, 0.717) is 0 Å². The molecule has 1 aliphatic heterocycles. The van der Waals surface area contributed by atoms with Crippen molar-refractivity contribution in [2.24, 2.45) is 11.8 Å². The molecule has 1 atom stereocenters. The largest absolute Gasteiger partial charge is 0.378 e. The van der Waals surface area contributed by atoms with Crippen LogP contribution in [0.2, 0.25) is 0 Å². The normalized spacial score (nSPS) is 20.9. The van der Waals surface area contributed by atoms with Crippen LogP contribution in [0.1, 0.15) is 25.3 Å². The van der Waals surface area contributed by atoms with E-state index < -0.39 is 0 Å². The molecule has 3 heteroatoms. The molecule has 1 aromatic rings. The Hall–Kier alpha value is -1.06. The highest BCUT2D eigenvalue weighted by Crippen LogP contribution is 2.36. The van der Waals surface area contributed by atoms with Gasteiger partial charge in [0, 0.05) is 25.3 Å². The van der Waals surface area contributed by atoms with E-state index in [0.717, 1.165) is 51.2 Å². The maximum atomic E-state index is 5.39. The molecule has 1 heterocycles. The van der Waals surface area contributed by atoms with Gasteiger partial charge in [0.1, 0.15) is 0 Å². The van der Waals surface area contributed by atoms with Gasteiger partial charge in [-0.25, -0.2) is 0 Å². The Morgan fingerprint density at radius 1 is 1.20 bits per heavy atom. The van der Waals surface area contributed by atoms with Gasteiger partial charge in [-0.2, -0.15) is 0 Å². The van der Waals surface area contributed by atoms with Crippen molar-refractivity contribution in [2.45, 2.75) is 26.3 Å². The second-order valence-corrected chi connectivity index (χ2v) is 6.21. The van der Waals surface area contributed by atoms with Crippen molar-refractivity contribution in [3.05, 3.63) is 29.8 Å². The van der Waals surface area contributed by atoms with Gasteiger partial charge in [-0.15, -0.1) is 0 Å². The third-order valence-electron chi connectivity index (χ3n) is 4.53. The molecule has 1 saturated carbocycles. The summed E-state index contributed by atoms with van der Waals surface area (Å²) in [5.41, 5.74) is 2.70. The number of benzene rings is 1. The fourth-order valence-electron chi connectivity index (χ4n) is 2.92. The number of nitrogens with one attached hydrogen (secondary N) is 1. The summed E-state index contributed by atoms with van der Waals surface area (Å²) < 4.78 is 5.39. The van der Waals surface area contributed by atoms with Crippen molar-refractivity contribution in [1.82, 2.24) is 5.32 Å². The van der Waals surface area contributed by atoms with Crippen molar-refractivity contribution in [2.75, 3.05) is 37.7 Å². The molecule has 1 saturated heterocycles. The molecule has 0 bridgehead atoms. The summed E-state index contributed by atoms with van der Waals surface area (Å²) in [7, 11) is 0. The predicted octanol–water partition coefficient (Wildman–Crippen LogP) is 2.66. The maximum absolute atomic E-state index is 5.39. The number of morpholine rings is 1. The highest BCUT2D eigenvalue weighted by atomic mass is 16.5. The number of rotatable bonds is 6. The van der Waals surface area contributed by atoms with Gasteiger partial charge in [0.25, 0.3) is 0 Å². The van der Waals surface area contributed by atoms with Gasteiger partial charge >= 0.3 is 0 Å². The fourth-order valence-corrected chi connectivity index (χ4v) is 2.92. The van der Waals surface area contributed by atoms with Crippen LogP contribution in [0.25, 0.3) is 0 Å². The maximum Gasteiger partial charge on any atom is 0.0642 e. The van der Waals surface area contributed by atoms with Crippen molar-refractivity contribution in [3.63, 3.8) is 0 Å². The van der Waals surface area contributed by atoms with Gasteiger partial charge in [-0.05, 0) is 48.9 Å². The van der Waals surface area contributed by atoms with Crippen molar-refractivity contribution in [1.29, 1.82) is 0 Å². The van der Waals surface area contributed by atoms with Gasteiger partial charge in [-0.3, -0.25) is 0 Å². The highest BCUT2D eigenvalue weighted by Gasteiger charge is 2.27. The zero-order chi connectivity index (χ0) is 13.8. The lowest BCUT2D eigenvalue weighted by Gasteiger charge is -2.28. The molecule has 20 heavy (non-hydrogen) atoms. The summed E-state index contributed by atoms with van der Waals surface area (Å²) >= 11 is 0. The molecule has 0 radical (unpaired) electrons. The number of nitrogens with zero attached hydrogens (tertiary/aromatic N) is 1. The zero-order valence-corrected chi connectivity index (χ0v) is 12.5. The summed E-state index contributed by atoms with van der Waals surface area (Å²) in [6, 6.07) is 8.98. The smallest absolute Gasteiger partial charge is 0.0642 e. The van der Waals surface area contributed by atoms with Crippen LogP contribution in [0.3, 0.4) is 0 Å². The standard InChI is InChI=1S/C17H26N2O/c1-14(16-4-5-16)12-18-13-15-2-6-17(7-3-15)19-8-10-20-11-9-19/h2-3,6-7,14,16,18H,4-5,8-13H2,1H3. The second kappa shape index (κ2) is 6.59. The lowest BCUT2D eigenvalue weighted by atomic mass is 10.1. The number of hydrogen-bond donors (Lipinski definition) is 1. The highest BCUT2D eigenvalue weighted by molar-refractivity contribution is 5.47. The van der Waals surface area contributed by atoms with E-state index in [9.17, 15) is 0 Å². The van der Waals surface area contributed by atoms with Gasteiger partial charge in [0.05, 0.1) is 13.2 Å². The van der Waals surface area contributed by atoms with Crippen LogP contribution in [0.5, 0.6) is 0 Å². The van der Waals surface area contributed by atoms with E-state index in [2.05, 4.69) is 41.4 Å². The predicted molar refractivity (Wildman–Crippen MR) is 83.1 cm³/mol. The average Bonchev–Trinajstić information content (AvgIpc) is 3.33. The first-order chi connectivity index (χ1) is 9.83. The van der Waals surface area contributed by atoms with E-state index >= 15 is 0 Å². The van der Waals surface area contributed by atoms with Crippen LogP contribution in [-0.2, 0) is 11.3 Å². The van der Waals surface area contributed by atoms with Crippen LogP contribution in [-0.4, -0.2) is 32.8 Å². The van der Waals surface area contributed by atoms with E-state index in [1.165, 1.54) is 24.1 Å². The monoisotopic (exact) mass is 274 g/mol. The average molecular weight is 274 g/mol. The molecular formula is C17H26N2O. The third-order valence-corrected chi connectivity index (χ3v) is 4.53. The number of ether oxygens (including phenoxy) is 1. The quantitative estimate of drug-likeness (QED) is 0.863. The lowest BCUT2D eigenvalue weighted by Crippen LogP contribution is -2.36. The van der Waals surface area contributed by atoms with Crippen LogP contribution < -0.4 is 10.2 Å². The summed E-state index contributed by atoms with van der Waals surface area (Å²) in [5, 5.41) is 3.59. The molecule has 3 nitrogen and oxygen atoms in total. The molecule has 2 aliphatic rings. The number of hydrogen-bond acceptors (Lipinski definition) is 3. The molecule has 0 spiro atoms. The van der Waals surface area contributed by atoms with Crippen molar-refractivity contribution in [3.8, 4) is 0 Å². The Morgan fingerprint density at radius 3 is 2.55 bits per heavy atom. The van der Waals surface area contributed by atoms with Crippen LogP contribution >= 0.6 is 0 Å². The summed E-state index contributed by atoms with van der Waals surface area (Å²) in [6.45, 7) is 8.22. The van der Waals surface area contributed by atoms with Gasteiger partial charge in [-0.1, -0.05) is 19.1 Å². The molecule has 1 N–H and O–H groups in total. The summed E-state index contributed by atoms with van der Waals surface area (Å²) in [6.07, 6.45) is 2.88. The lowest BCUT2D eigenvalue weighted by molar-refractivity contribution is 0.122. The Bertz CT molecular complexity index is 408. The molecule has 1 aromatic carbocycles. The topological polar surface area (TPSA) is 24.5 Å².